The number of carbonyl (C=O) groups is 1. The van der Waals surface area contributed by atoms with Gasteiger partial charge in [-0.15, -0.1) is 0 Å². The van der Waals surface area contributed by atoms with E-state index >= 15 is 0 Å². The first-order valence-electron chi connectivity index (χ1n) is 7.62. The maximum Gasteiger partial charge on any atom is 0.230 e. The first kappa shape index (κ1) is 14.6. The Morgan fingerprint density at radius 3 is 2.64 bits per heavy atom. The molecule has 2 heterocycles. The molecule has 22 heavy (non-hydrogen) atoms. The van der Waals surface area contributed by atoms with Crippen LogP contribution in [-0.2, 0) is 11.2 Å². The highest BCUT2D eigenvalue weighted by Gasteiger charge is 2.22. The molecule has 0 atom stereocenters. The third-order valence-corrected chi connectivity index (χ3v) is 4.16. The molecule has 0 spiro atoms. The number of nitrogens with zero attached hydrogens (tertiary/aromatic N) is 3. The average molecular weight is 299 g/mol. The molecule has 5 heteroatoms. The van der Waals surface area contributed by atoms with E-state index in [0.29, 0.717) is 12.2 Å². The molecule has 116 valence electrons. The van der Waals surface area contributed by atoms with Crippen LogP contribution in [0, 0.1) is 13.8 Å². The smallest absolute Gasteiger partial charge is 0.230 e. The van der Waals surface area contributed by atoms with Crippen LogP contribution < -0.4 is 4.90 Å². The monoisotopic (exact) mass is 299 g/mol. The lowest BCUT2D eigenvalue weighted by Gasteiger charge is -2.36. The van der Waals surface area contributed by atoms with Crippen LogP contribution in [0.3, 0.4) is 0 Å². The van der Waals surface area contributed by atoms with Crippen LogP contribution in [0.25, 0.3) is 0 Å². The Kier molecular flexibility index (Phi) is 4.13. The van der Waals surface area contributed by atoms with E-state index in [4.69, 9.17) is 4.42 Å². The summed E-state index contributed by atoms with van der Waals surface area (Å²) in [5.41, 5.74) is 3.29. The molecule has 1 amide bonds. The van der Waals surface area contributed by atoms with E-state index in [2.05, 4.69) is 41.1 Å². The van der Waals surface area contributed by atoms with Crippen molar-refractivity contribution in [3.8, 4) is 0 Å². The fourth-order valence-corrected chi connectivity index (χ4v) is 2.78. The molecule has 1 aliphatic heterocycles. The van der Waals surface area contributed by atoms with Gasteiger partial charge in [0.1, 0.15) is 5.76 Å². The molecular formula is C17H21N3O2. The van der Waals surface area contributed by atoms with E-state index < -0.39 is 0 Å². The largest absolute Gasteiger partial charge is 0.448 e. The van der Waals surface area contributed by atoms with Crippen molar-refractivity contribution in [3.05, 3.63) is 47.7 Å². The summed E-state index contributed by atoms with van der Waals surface area (Å²) < 4.78 is 5.26. The number of oxazole rings is 1. The van der Waals surface area contributed by atoms with Crippen LogP contribution in [0.2, 0.25) is 0 Å². The van der Waals surface area contributed by atoms with Gasteiger partial charge in [-0.25, -0.2) is 4.98 Å². The molecule has 0 unspecified atom stereocenters. The summed E-state index contributed by atoms with van der Waals surface area (Å²) in [6, 6.07) is 8.50. The summed E-state index contributed by atoms with van der Waals surface area (Å²) in [4.78, 5) is 20.6. The van der Waals surface area contributed by atoms with Gasteiger partial charge in [-0.05, 0) is 31.5 Å². The van der Waals surface area contributed by atoms with Crippen molar-refractivity contribution in [1.29, 1.82) is 0 Å². The van der Waals surface area contributed by atoms with E-state index in [1.54, 1.807) is 0 Å². The number of hydrogen-bond donors (Lipinski definition) is 0. The zero-order valence-electron chi connectivity index (χ0n) is 13.1. The van der Waals surface area contributed by atoms with Gasteiger partial charge >= 0.3 is 0 Å². The summed E-state index contributed by atoms with van der Waals surface area (Å²) in [6.07, 6.45) is 1.70. The highest BCUT2D eigenvalue weighted by Crippen LogP contribution is 2.18. The van der Waals surface area contributed by atoms with Gasteiger partial charge in [0, 0.05) is 31.9 Å². The lowest BCUT2D eigenvalue weighted by molar-refractivity contribution is -0.131. The summed E-state index contributed by atoms with van der Waals surface area (Å²) in [7, 11) is 0. The summed E-state index contributed by atoms with van der Waals surface area (Å²) in [6.45, 7) is 7.19. The zero-order chi connectivity index (χ0) is 15.5. The van der Waals surface area contributed by atoms with E-state index in [-0.39, 0.29) is 5.91 Å². The van der Waals surface area contributed by atoms with Crippen molar-refractivity contribution in [2.45, 2.75) is 20.3 Å². The van der Waals surface area contributed by atoms with Crippen molar-refractivity contribution in [1.82, 2.24) is 9.88 Å². The predicted molar refractivity (Wildman–Crippen MR) is 84.9 cm³/mol. The van der Waals surface area contributed by atoms with Gasteiger partial charge in [-0.3, -0.25) is 4.79 Å². The second-order valence-electron chi connectivity index (χ2n) is 5.74. The van der Waals surface area contributed by atoms with Crippen LogP contribution in [0.15, 0.2) is 35.1 Å². The Hall–Kier alpha value is -2.30. The van der Waals surface area contributed by atoms with Gasteiger partial charge in [0.2, 0.25) is 5.91 Å². The number of aryl methyl sites for hydroxylation is 2. The summed E-state index contributed by atoms with van der Waals surface area (Å²) >= 11 is 0. The average Bonchev–Trinajstić information content (AvgIpc) is 2.92. The number of benzene rings is 1. The fourth-order valence-electron chi connectivity index (χ4n) is 2.78. The minimum atomic E-state index is 0.115. The zero-order valence-corrected chi connectivity index (χ0v) is 13.1. The number of hydrogen-bond acceptors (Lipinski definition) is 4. The van der Waals surface area contributed by atoms with Gasteiger partial charge in [-0.2, -0.15) is 0 Å². The van der Waals surface area contributed by atoms with Crippen LogP contribution >= 0.6 is 0 Å². The molecule has 0 N–H and O–H groups in total. The van der Waals surface area contributed by atoms with Gasteiger partial charge in [0.25, 0.3) is 0 Å². The van der Waals surface area contributed by atoms with Crippen LogP contribution in [0.4, 0.5) is 5.69 Å². The second kappa shape index (κ2) is 6.22. The quantitative estimate of drug-likeness (QED) is 0.871. The molecule has 3 rings (SSSR count). The SMILES string of the molecule is Cc1cccc(N2CCN(C(=O)Cc3ocnc3C)CC2)c1. The van der Waals surface area contributed by atoms with Crippen molar-refractivity contribution in [2.75, 3.05) is 31.1 Å². The van der Waals surface area contributed by atoms with Crippen molar-refractivity contribution in [2.24, 2.45) is 0 Å². The van der Waals surface area contributed by atoms with Gasteiger partial charge < -0.3 is 14.2 Å². The number of piperazine rings is 1. The minimum absolute atomic E-state index is 0.115. The molecule has 1 fully saturated rings. The molecule has 0 aliphatic carbocycles. The van der Waals surface area contributed by atoms with Gasteiger partial charge in [-0.1, -0.05) is 12.1 Å². The number of aromatic nitrogens is 1. The minimum Gasteiger partial charge on any atom is -0.448 e. The number of amides is 1. The number of rotatable bonds is 3. The topological polar surface area (TPSA) is 49.6 Å². The maximum atomic E-state index is 12.3. The number of carbonyl (C=O) groups excluding carboxylic acids is 1. The summed E-state index contributed by atoms with van der Waals surface area (Å²) in [5, 5.41) is 0. The Morgan fingerprint density at radius 1 is 1.23 bits per heavy atom. The molecule has 5 nitrogen and oxygen atoms in total. The number of anilines is 1. The molecule has 2 aromatic rings. The Balaban J connectivity index is 1.57. The van der Waals surface area contributed by atoms with Gasteiger partial charge in [0.15, 0.2) is 6.39 Å². The molecule has 0 radical (unpaired) electrons. The summed E-state index contributed by atoms with van der Waals surface area (Å²) in [5.74, 6) is 0.787. The highest BCUT2D eigenvalue weighted by molar-refractivity contribution is 5.78. The van der Waals surface area contributed by atoms with Crippen molar-refractivity contribution in [3.63, 3.8) is 0 Å². The van der Waals surface area contributed by atoms with E-state index in [9.17, 15) is 4.79 Å². The van der Waals surface area contributed by atoms with E-state index in [1.165, 1.54) is 17.6 Å². The Labute approximate surface area is 130 Å². The first-order valence-corrected chi connectivity index (χ1v) is 7.62. The molecular weight excluding hydrogens is 278 g/mol. The van der Waals surface area contributed by atoms with Crippen LogP contribution in [0.1, 0.15) is 17.0 Å². The maximum absolute atomic E-state index is 12.3. The lowest BCUT2D eigenvalue weighted by atomic mass is 10.2. The van der Waals surface area contributed by atoms with Crippen LogP contribution in [0.5, 0.6) is 0 Å². The molecule has 0 saturated carbocycles. The molecule has 1 aromatic carbocycles. The normalized spacial score (nSPS) is 15.2. The Bertz CT molecular complexity index is 657. The lowest BCUT2D eigenvalue weighted by Crippen LogP contribution is -2.49. The van der Waals surface area contributed by atoms with Crippen molar-refractivity contribution < 1.29 is 9.21 Å². The third-order valence-electron chi connectivity index (χ3n) is 4.16. The predicted octanol–water partition coefficient (Wildman–Crippen LogP) is 2.18. The molecule has 1 aliphatic rings. The van der Waals surface area contributed by atoms with Gasteiger partial charge in [0.05, 0.1) is 12.1 Å². The Morgan fingerprint density at radius 2 is 2.00 bits per heavy atom. The molecule has 1 aromatic heterocycles. The first-order chi connectivity index (χ1) is 10.6. The molecule has 1 saturated heterocycles. The molecule has 0 bridgehead atoms. The third kappa shape index (κ3) is 3.13. The fraction of sp³-hybridized carbons (Fsp3) is 0.412. The standard InChI is InChI=1S/C17H21N3O2/c1-13-4-3-5-15(10-13)19-6-8-20(9-7-19)17(21)11-16-14(2)18-12-22-16/h3-5,10,12H,6-9,11H2,1-2H3. The second-order valence-corrected chi connectivity index (χ2v) is 5.74. The van der Waals surface area contributed by atoms with E-state index in [1.807, 2.05) is 11.8 Å². The van der Waals surface area contributed by atoms with E-state index in [0.717, 1.165) is 31.9 Å². The van der Waals surface area contributed by atoms with Crippen LogP contribution in [-0.4, -0.2) is 42.0 Å². The van der Waals surface area contributed by atoms with Crippen molar-refractivity contribution >= 4 is 11.6 Å². The highest BCUT2D eigenvalue weighted by atomic mass is 16.3.